The van der Waals surface area contributed by atoms with Crippen molar-refractivity contribution in [1.29, 1.82) is 0 Å². The third-order valence-electron chi connectivity index (χ3n) is 3.91. The number of rotatable bonds is 13. The SMILES string of the molecule is CC(CO)CCCCCCCCCOCc1ccccc1. The highest BCUT2D eigenvalue weighted by molar-refractivity contribution is 5.13. The molecule has 1 aromatic carbocycles. The van der Waals surface area contributed by atoms with Gasteiger partial charge < -0.3 is 9.84 Å². The summed E-state index contributed by atoms with van der Waals surface area (Å²) < 4.78 is 5.68. The monoisotopic (exact) mass is 292 g/mol. The highest BCUT2D eigenvalue weighted by Crippen LogP contribution is 2.12. The van der Waals surface area contributed by atoms with Crippen LogP contribution < -0.4 is 0 Å². The molecule has 2 heteroatoms. The van der Waals surface area contributed by atoms with Gasteiger partial charge in [0.15, 0.2) is 0 Å². The van der Waals surface area contributed by atoms with Crippen molar-refractivity contribution < 1.29 is 9.84 Å². The van der Waals surface area contributed by atoms with E-state index in [9.17, 15) is 0 Å². The Kier molecular flexibility index (Phi) is 11.1. The van der Waals surface area contributed by atoms with Crippen molar-refractivity contribution in [3.05, 3.63) is 35.9 Å². The molecular formula is C19H32O2. The second-order valence-electron chi connectivity index (χ2n) is 6.09. The zero-order chi connectivity index (χ0) is 15.2. The maximum Gasteiger partial charge on any atom is 0.0716 e. The lowest BCUT2D eigenvalue weighted by atomic mass is 10.0. The van der Waals surface area contributed by atoms with Gasteiger partial charge in [-0.25, -0.2) is 0 Å². The average molecular weight is 292 g/mol. The van der Waals surface area contributed by atoms with Crippen molar-refractivity contribution in [2.45, 2.75) is 64.9 Å². The number of unbranched alkanes of at least 4 members (excludes halogenated alkanes) is 6. The maximum atomic E-state index is 8.94. The fraction of sp³-hybridized carbons (Fsp3) is 0.684. The van der Waals surface area contributed by atoms with Gasteiger partial charge in [0.1, 0.15) is 0 Å². The van der Waals surface area contributed by atoms with Crippen molar-refractivity contribution >= 4 is 0 Å². The minimum absolute atomic E-state index is 0.336. The van der Waals surface area contributed by atoms with Crippen LogP contribution >= 0.6 is 0 Å². The molecule has 0 aliphatic carbocycles. The molecule has 0 fully saturated rings. The molecule has 0 radical (unpaired) electrons. The number of hydrogen-bond acceptors (Lipinski definition) is 2. The van der Waals surface area contributed by atoms with E-state index in [1.165, 1.54) is 56.9 Å². The van der Waals surface area contributed by atoms with Crippen molar-refractivity contribution in [3.63, 3.8) is 0 Å². The quantitative estimate of drug-likeness (QED) is 0.521. The Morgan fingerprint density at radius 3 is 2.19 bits per heavy atom. The van der Waals surface area contributed by atoms with E-state index in [-0.39, 0.29) is 0 Å². The van der Waals surface area contributed by atoms with Gasteiger partial charge in [-0.15, -0.1) is 0 Å². The minimum Gasteiger partial charge on any atom is -0.396 e. The molecule has 0 amide bonds. The number of benzene rings is 1. The van der Waals surface area contributed by atoms with Gasteiger partial charge in [-0.3, -0.25) is 0 Å². The van der Waals surface area contributed by atoms with Gasteiger partial charge in [0.25, 0.3) is 0 Å². The third-order valence-corrected chi connectivity index (χ3v) is 3.91. The van der Waals surface area contributed by atoms with Gasteiger partial charge in [-0.05, 0) is 24.3 Å². The summed E-state index contributed by atoms with van der Waals surface area (Å²) >= 11 is 0. The predicted octanol–water partition coefficient (Wildman–Crippen LogP) is 4.95. The summed E-state index contributed by atoms with van der Waals surface area (Å²) in [6.07, 6.45) is 10.2. The Labute approximate surface area is 130 Å². The van der Waals surface area contributed by atoms with Gasteiger partial charge in [0.05, 0.1) is 6.61 Å². The molecule has 0 saturated heterocycles. The van der Waals surface area contributed by atoms with Gasteiger partial charge in [0, 0.05) is 13.2 Å². The van der Waals surface area contributed by atoms with E-state index in [0.717, 1.165) is 13.2 Å². The van der Waals surface area contributed by atoms with Gasteiger partial charge in [-0.2, -0.15) is 0 Å². The Morgan fingerprint density at radius 2 is 1.52 bits per heavy atom. The molecule has 1 N–H and O–H groups in total. The number of ether oxygens (including phenoxy) is 1. The third kappa shape index (κ3) is 10.5. The van der Waals surface area contributed by atoms with Crippen LogP contribution in [0.3, 0.4) is 0 Å². The first-order valence-corrected chi connectivity index (χ1v) is 8.55. The number of aliphatic hydroxyl groups excluding tert-OH is 1. The van der Waals surface area contributed by atoms with E-state index >= 15 is 0 Å². The van der Waals surface area contributed by atoms with Crippen molar-refractivity contribution in [2.24, 2.45) is 5.92 Å². The summed E-state index contributed by atoms with van der Waals surface area (Å²) in [6, 6.07) is 10.4. The van der Waals surface area contributed by atoms with Crippen LogP contribution in [0, 0.1) is 5.92 Å². The van der Waals surface area contributed by atoms with E-state index in [1.807, 2.05) is 6.07 Å². The largest absolute Gasteiger partial charge is 0.396 e. The van der Waals surface area contributed by atoms with Crippen LogP contribution in [-0.2, 0) is 11.3 Å². The Balaban J connectivity index is 1.79. The zero-order valence-corrected chi connectivity index (χ0v) is 13.6. The average Bonchev–Trinajstić information content (AvgIpc) is 2.53. The number of hydrogen-bond donors (Lipinski definition) is 1. The summed E-state index contributed by atoms with van der Waals surface area (Å²) in [5.74, 6) is 0.478. The fourth-order valence-corrected chi connectivity index (χ4v) is 2.44. The minimum atomic E-state index is 0.336. The van der Waals surface area contributed by atoms with Crippen LogP contribution in [0.15, 0.2) is 30.3 Å². The fourth-order valence-electron chi connectivity index (χ4n) is 2.44. The van der Waals surface area contributed by atoms with Crippen molar-refractivity contribution in [2.75, 3.05) is 13.2 Å². The van der Waals surface area contributed by atoms with Gasteiger partial charge in [-0.1, -0.05) is 75.8 Å². The lowest BCUT2D eigenvalue weighted by Gasteiger charge is -2.07. The second kappa shape index (κ2) is 12.8. The zero-order valence-electron chi connectivity index (χ0n) is 13.6. The molecule has 0 spiro atoms. The summed E-state index contributed by atoms with van der Waals surface area (Å²) in [4.78, 5) is 0. The maximum absolute atomic E-state index is 8.94. The molecule has 0 aliphatic rings. The van der Waals surface area contributed by atoms with E-state index in [0.29, 0.717) is 12.5 Å². The highest BCUT2D eigenvalue weighted by atomic mass is 16.5. The second-order valence-corrected chi connectivity index (χ2v) is 6.09. The lowest BCUT2D eigenvalue weighted by Crippen LogP contribution is -1.99. The highest BCUT2D eigenvalue weighted by Gasteiger charge is 1.99. The van der Waals surface area contributed by atoms with Crippen LogP contribution in [0.25, 0.3) is 0 Å². The Hall–Kier alpha value is -0.860. The molecule has 0 heterocycles. The molecular weight excluding hydrogens is 260 g/mol. The van der Waals surface area contributed by atoms with E-state index in [1.54, 1.807) is 0 Å². The standard InChI is InChI=1S/C19H32O2/c1-18(16-20)12-8-5-3-2-4-6-11-15-21-17-19-13-9-7-10-14-19/h7,9-10,13-14,18,20H,2-6,8,11-12,15-17H2,1H3. The van der Waals surface area contributed by atoms with E-state index < -0.39 is 0 Å². The van der Waals surface area contributed by atoms with Gasteiger partial charge >= 0.3 is 0 Å². The molecule has 0 aliphatic heterocycles. The smallest absolute Gasteiger partial charge is 0.0716 e. The molecule has 1 rings (SSSR count). The normalized spacial score (nSPS) is 12.5. The first kappa shape index (κ1) is 18.2. The van der Waals surface area contributed by atoms with Crippen LogP contribution in [-0.4, -0.2) is 18.3 Å². The van der Waals surface area contributed by atoms with Crippen LogP contribution in [0.4, 0.5) is 0 Å². The Bertz CT molecular complexity index is 324. The lowest BCUT2D eigenvalue weighted by molar-refractivity contribution is 0.116. The molecule has 120 valence electrons. The molecule has 0 bridgehead atoms. The van der Waals surface area contributed by atoms with E-state index in [2.05, 4.69) is 31.2 Å². The van der Waals surface area contributed by atoms with E-state index in [4.69, 9.17) is 9.84 Å². The molecule has 0 saturated carbocycles. The van der Waals surface area contributed by atoms with Gasteiger partial charge in [0.2, 0.25) is 0 Å². The molecule has 0 aromatic heterocycles. The summed E-state index contributed by atoms with van der Waals surface area (Å²) in [5.41, 5.74) is 1.26. The van der Waals surface area contributed by atoms with Crippen LogP contribution in [0.1, 0.15) is 63.9 Å². The topological polar surface area (TPSA) is 29.5 Å². The molecule has 1 unspecified atom stereocenters. The summed E-state index contributed by atoms with van der Waals surface area (Å²) in [6.45, 7) is 4.07. The predicted molar refractivity (Wildman–Crippen MR) is 89.3 cm³/mol. The van der Waals surface area contributed by atoms with Crippen molar-refractivity contribution in [3.8, 4) is 0 Å². The molecule has 1 atom stereocenters. The summed E-state index contributed by atoms with van der Waals surface area (Å²) in [7, 11) is 0. The number of aliphatic hydroxyl groups is 1. The molecule has 2 nitrogen and oxygen atoms in total. The first-order chi connectivity index (χ1) is 10.3. The molecule has 21 heavy (non-hydrogen) atoms. The van der Waals surface area contributed by atoms with Crippen LogP contribution in [0.5, 0.6) is 0 Å². The van der Waals surface area contributed by atoms with Crippen LogP contribution in [0.2, 0.25) is 0 Å². The first-order valence-electron chi connectivity index (χ1n) is 8.55. The summed E-state index contributed by atoms with van der Waals surface area (Å²) in [5, 5.41) is 8.94. The molecule has 1 aromatic rings. The Morgan fingerprint density at radius 1 is 0.905 bits per heavy atom. The van der Waals surface area contributed by atoms with Crippen molar-refractivity contribution in [1.82, 2.24) is 0 Å².